The first-order valence-corrected chi connectivity index (χ1v) is 9.81. The third kappa shape index (κ3) is 4.29. The highest BCUT2D eigenvalue weighted by molar-refractivity contribution is 5.83. The minimum Gasteiger partial charge on any atom is -0.459 e. The van der Waals surface area contributed by atoms with E-state index in [1.807, 2.05) is 20.8 Å². The second kappa shape index (κ2) is 8.20. The van der Waals surface area contributed by atoms with E-state index in [1.54, 1.807) is 6.07 Å². The van der Waals surface area contributed by atoms with Crippen LogP contribution in [0.15, 0.2) is 22.6 Å². The van der Waals surface area contributed by atoms with Crippen LogP contribution in [0, 0.1) is 24.6 Å². The van der Waals surface area contributed by atoms with E-state index in [0.29, 0.717) is 23.2 Å². The molecule has 1 aromatic heterocycles. The smallest absolute Gasteiger partial charge is 0.315 e. The summed E-state index contributed by atoms with van der Waals surface area (Å²) >= 11 is 0. The molecule has 4 N–H and O–H groups in total. The molecule has 2 aromatic rings. The Labute approximate surface area is 164 Å². The van der Waals surface area contributed by atoms with Crippen molar-refractivity contribution in [3.05, 3.63) is 35.3 Å². The molecule has 3 atom stereocenters. The lowest BCUT2D eigenvalue weighted by Gasteiger charge is -2.29. The lowest BCUT2D eigenvalue weighted by atomic mass is 9.85. The maximum Gasteiger partial charge on any atom is 0.315 e. The van der Waals surface area contributed by atoms with Gasteiger partial charge < -0.3 is 20.8 Å². The molecule has 28 heavy (non-hydrogen) atoms. The summed E-state index contributed by atoms with van der Waals surface area (Å²) in [4.78, 5) is 24.1. The van der Waals surface area contributed by atoms with Gasteiger partial charge in [0.2, 0.25) is 5.91 Å². The third-order valence-electron chi connectivity index (χ3n) is 5.58. The van der Waals surface area contributed by atoms with Crippen LogP contribution in [0.5, 0.6) is 0 Å². The van der Waals surface area contributed by atoms with Crippen molar-refractivity contribution in [1.29, 1.82) is 0 Å². The number of furan rings is 1. The van der Waals surface area contributed by atoms with Gasteiger partial charge in [-0.05, 0) is 50.3 Å². The molecule has 1 aliphatic rings. The van der Waals surface area contributed by atoms with Crippen LogP contribution in [0.2, 0.25) is 0 Å². The molecule has 6 nitrogen and oxygen atoms in total. The second-order valence-electron chi connectivity index (χ2n) is 8.03. The average molecular weight is 389 g/mol. The molecular weight excluding hydrogens is 361 g/mol. The summed E-state index contributed by atoms with van der Waals surface area (Å²) in [5, 5.41) is 6.66. The van der Waals surface area contributed by atoms with Gasteiger partial charge in [-0.3, -0.25) is 4.79 Å². The number of primary amides is 1. The van der Waals surface area contributed by atoms with Gasteiger partial charge in [-0.25, -0.2) is 9.18 Å². The Balaban J connectivity index is 1.74. The Bertz CT molecular complexity index is 877. The highest BCUT2D eigenvalue weighted by atomic mass is 19.1. The van der Waals surface area contributed by atoms with E-state index in [0.717, 1.165) is 24.8 Å². The summed E-state index contributed by atoms with van der Waals surface area (Å²) in [6, 6.07) is 3.67. The summed E-state index contributed by atoms with van der Waals surface area (Å²) < 4.78 is 19.5. The lowest BCUT2D eigenvalue weighted by molar-refractivity contribution is -0.122. The van der Waals surface area contributed by atoms with E-state index >= 15 is 0 Å². The first-order valence-electron chi connectivity index (χ1n) is 9.81. The highest BCUT2D eigenvalue weighted by Gasteiger charge is 2.29. The first-order chi connectivity index (χ1) is 13.3. The fraction of sp³-hybridized carbons (Fsp3) is 0.524. The van der Waals surface area contributed by atoms with Crippen LogP contribution in [0.3, 0.4) is 0 Å². The number of urea groups is 1. The molecule has 0 bridgehead atoms. The molecule has 3 amide bonds. The van der Waals surface area contributed by atoms with E-state index in [1.165, 1.54) is 12.1 Å². The minimum absolute atomic E-state index is 0.0691. The van der Waals surface area contributed by atoms with Crippen LogP contribution in [0.4, 0.5) is 9.18 Å². The van der Waals surface area contributed by atoms with Gasteiger partial charge in [-0.15, -0.1) is 0 Å². The summed E-state index contributed by atoms with van der Waals surface area (Å²) in [6.45, 7) is 5.85. The first kappa shape index (κ1) is 20.2. The molecule has 1 aliphatic carbocycles. The quantitative estimate of drug-likeness (QED) is 0.723. The van der Waals surface area contributed by atoms with Crippen LogP contribution in [0.25, 0.3) is 11.0 Å². The van der Waals surface area contributed by atoms with Crippen LogP contribution in [-0.4, -0.2) is 18.0 Å². The molecule has 7 heteroatoms. The zero-order valence-electron chi connectivity index (χ0n) is 16.5. The largest absolute Gasteiger partial charge is 0.459 e. The molecule has 1 heterocycles. The molecule has 1 aromatic carbocycles. The number of halogens is 1. The topological polar surface area (TPSA) is 97.4 Å². The average Bonchev–Trinajstić information content (AvgIpc) is 2.95. The van der Waals surface area contributed by atoms with Crippen LogP contribution in [0.1, 0.15) is 56.9 Å². The van der Waals surface area contributed by atoms with Gasteiger partial charge in [0.15, 0.2) is 0 Å². The number of amides is 3. The molecule has 1 fully saturated rings. The van der Waals surface area contributed by atoms with Gasteiger partial charge in [0, 0.05) is 22.9 Å². The van der Waals surface area contributed by atoms with E-state index in [4.69, 9.17) is 10.2 Å². The molecule has 152 valence electrons. The van der Waals surface area contributed by atoms with Gasteiger partial charge in [-0.1, -0.05) is 20.3 Å². The third-order valence-corrected chi connectivity index (χ3v) is 5.58. The van der Waals surface area contributed by atoms with E-state index < -0.39 is 0 Å². The molecule has 0 spiro atoms. The minimum atomic E-state index is -0.356. The van der Waals surface area contributed by atoms with Gasteiger partial charge >= 0.3 is 6.03 Å². The summed E-state index contributed by atoms with van der Waals surface area (Å²) in [7, 11) is 0. The van der Waals surface area contributed by atoms with Crippen molar-refractivity contribution in [2.45, 2.75) is 58.5 Å². The number of hydrogen-bond acceptors (Lipinski definition) is 3. The SMILES string of the molecule is Cc1c([C@@H](NC(=O)N[C@H]2CCC[C@H](C(N)=O)C2)C(C)C)oc2ccc(F)cc12. The van der Waals surface area contributed by atoms with Crippen molar-refractivity contribution in [2.75, 3.05) is 0 Å². The number of hydrogen-bond donors (Lipinski definition) is 3. The Morgan fingerprint density at radius 1 is 1.29 bits per heavy atom. The predicted octanol–water partition coefficient (Wildman–Crippen LogP) is 3.92. The Hall–Kier alpha value is -2.57. The molecule has 1 saturated carbocycles. The van der Waals surface area contributed by atoms with Crippen LogP contribution in [-0.2, 0) is 4.79 Å². The molecule has 3 rings (SSSR count). The predicted molar refractivity (Wildman–Crippen MR) is 105 cm³/mol. The van der Waals surface area contributed by atoms with Crippen molar-refractivity contribution in [2.24, 2.45) is 17.6 Å². The molecule has 0 aliphatic heterocycles. The van der Waals surface area contributed by atoms with Crippen LogP contribution >= 0.6 is 0 Å². The summed E-state index contributed by atoms with van der Waals surface area (Å²) in [6.07, 6.45) is 3.03. The Morgan fingerprint density at radius 2 is 2.04 bits per heavy atom. The molecule has 0 saturated heterocycles. The number of carbonyl (C=O) groups excluding carboxylic acids is 2. The van der Waals surface area contributed by atoms with Gasteiger partial charge in [0.05, 0.1) is 6.04 Å². The fourth-order valence-corrected chi connectivity index (χ4v) is 3.99. The zero-order valence-corrected chi connectivity index (χ0v) is 16.5. The number of rotatable bonds is 5. The highest BCUT2D eigenvalue weighted by Crippen LogP contribution is 2.33. The Kier molecular flexibility index (Phi) is 5.91. The van der Waals surface area contributed by atoms with Crippen molar-refractivity contribution >= 4 is 22.9 Å². The van der Waals surface area contributed by atoms with Crippen molar-refractivity contribution in [3.63, 3.8) is 0 Å². The number of aryl methyl sites for hydroxylation is 1. The van der Waals surface area contributed by atoms with E-state index in [9.17, 15) is 14.0 Å². The maximum atomic E-state index is 13.6. The maximum absolute atomic E-state index is 13.6. The van der Waals surface area contributed by atoms with E-state index in [-0.39, 0.29) is 41.7 Å². The normalized spacial score (nSPS) is 20.9. The number of nitrogens with one attached hydrogen (secondary N) is 2. The summed E-state index contributed by atoms with van der Waals surface area (Å²) in [5.74, 6) is -0.121. The van der Waals surface area contributed by atoms with Gasteiger partial charge in [0.25, 0.3) is 0 Å². The van der Waals surface area contributed by atoms with Crippen molar-refractivity contribution < 1.29 is 18.4 Å². The number of nitrogens with two attached hydrogens (primary N) is 1. The lowest BCUT2D eigenvalue weighted by Crippen LogP contribution is -2.47. The molecule has 0 radical (unpaired) electrons. The Morgan fingerprint density at radius 3 is 2.71 bits per heavy atom. The van der Waals surface area contributed by atoms with Crippen LogP contribution < -0.4 is 16.4 Å². The standard InChI is InChI=1S/C21H28FN3O3/c1-11(2)18(19-12(3)16-10-14(22)7-8-17(16)28-19)25-21(27)24-15-6-4-5-13(9-15)20(23)26/h7-8,10-11,13,15,18H,4-6,9H2,1-3H3,(H2,23,26)(H2,24,25,27)/t13-,15-,18-/m0/s1. The number of carbonyl (C=O) groups is 2. The second-order valence-corrected chi connectivity index (χ2v) is 8.03. The monoisotopic (exact) mass is 389 g/mol. The zero-order chi connectivity index (χ0) is 20.4. The summed E-state index contributed by atoms with van der Waals surface area (Å²) in [5.41, 5.74) is 6.83. The van der Waals surface area contributed by atoms with E-state index in [2.05, 4.69) is 10.6 Å². The number of fused-ring (bicyclic) bond motifs is 1. The molecule has 0 unspecified atom stereocenters. The van der Waals surface area contributed by atoms with Gasteiger partial charge in [0.1, 0.15) is 17.2 Å². The van der Waals surface area contributed by atoms with Crippen molar-refractivity contribution in [1.82, 2.24) is 10.6 Å². The molecular formula is C21H28FN3O3. The van der Waals surface area contributed by atoms with Crippen molar-refractivity contribution in [3.8, 4) is 0 Å². The fourth-order valence-electron chi connectivity index (χ4n) is 3.99. The number of benzene rings is 1. The van der Waals surface area contributed by atoms with Gasteiger partial charge in [-0.2, -0.15) is 0 Å².